The minimum absolute atomic E-state index is 0.0335. The highest BCUT2D eigenvalue weighted by molar-refractivity contribution is 7.19. The number of hydrogen-bond acceptors (Lipinski definition) is 6. The number of amides is 3. The number of pyridine rings is 1. The van der Waals surface area contributed by atoms with Crippen LogP contribution in [-0.4, -0.2) is 46.4 Å². The molecule has 2 aliphatic rings. The first-order chi connectivity index (χ1) is 15.9. The molecular weight excluding hydrogens is 436 g/mol. The number of aryl methyl sites for hydroxylation is 2. The smallest absolute Gasteiger partial charge is 0.323 e. The molecule has 1 spiro atoms. The Hall–Kier alpha value is -3.77. The van der Waals surface area contributed by atoms with Crippen LogP contribution >= 0.6 is 11.3 Å². The van der Waals surface area contributed by atoms with Gasteiger partial charge in [-0.3, -0.25) is 15.1 Å². The molecule has 0 unspecified atom stereocenters. The first kappa shape index (κ1) is 21.1. The Labute approximate surface area is 195 Å². The first-order valence-corrected chi connectivity index (χ1v) is 11.5. The maximum atomic E-state index is 12.8. The highest BCUT2D eigenvalue weighted by Crippen LogP contribution is 2.41. The van der Waals surface area contributed by atoms with Crippen LogP contribution in [0, 0.1) is 30.6 Å². The number of rotatable bonds is 3. The standard InChI is InChI=1S/C24H22N6O2S/c1-14-8-18(9-15(2)27-14)20-19(17-5-3-4-16(10-17)11-25)28-22(33-20)29-23(32)30-12-24(13-30)6-7-26-21(24)31/h3-5,8-10H,6-7,12-13H2,1-2H3,(H,26,31)(H,28,29,32). The van der Waals surface area contributed by atoms with Crippen LogP contribution in [0.25, 0.3) is 21.7 Å². The van der Waals surface area contributed by atoms with E-state index in [9.17, 15) is 14.9 Å². The number of aromatic nitrogens is 2. The van der Waals surface area contributed by atoms with E-state index in [1.54, 1.807) is 17.0 Å². The third-order valence-corrected chi connectivity index (χ3v) is 7.11. The molecule has 2 fully saturated rings. The second-order valence-corrected chi connectivity index (χ2v) is 9.60. The normalized spacial score (nSPS) is 16.3. The zero-order chi connectivity index (χ0) is 23.2. The molecule has 0 bridgehead atoms. The van der Waals surface area contributed by atoms with Gasteiger partial charge in [0, 0.05) is 36.6 Å². The summed E-state index contributed by atoms with van der Waals surface area (Å²) in [5.41, 5.74) is 4.36. The molecule has 33 heavy (non-hydrogen) atoms. The highest BCUT2D eigenvalue weighted by Gasteiger charge is 2.53. The summed E-state index contributed by atoms with van der Waals surface area (Å²) in [5.74, 6) is 0.0335. The minimum atomic E-state index is -0.430. The van der Waals surface area contributed by atoms with Crippen LogP contribution in [0.2, 0.25) is 0 Å². The maximum Gasteiger partial charge on any atom is 0.323 e. The van der Waals surface area contributed by atoms with Gasteiger partial charge in [-0.1, -0.05) is 23.5 Å². The Bertz CT molecular complexity index is 1300. The van der Waals surface area contributed by atoms with Crippen molar-refractivity contribution in [1.29, 1.82) is 5.26 Å². The maximum absolute atomic E-state index is 12.8. The summed E-state index contributed by atoms with van der Waals surface area (Å²) in [5, 5.41) is 15.6. The molecule has 3 amide bonds. The average molecular weight is 459 g/mol. The van der Waals surface area contributed by atoms with Crippen molar-refractivity contribution in [3.05, 3.63) is 53.3 Å². The number of nitrogens with one attached hydrogen (secondary N) is 2. The van der Waals surface area contributed by atoms with E-state index in [1.807, 2.05) is 38.1 Å². The summed E-state index contributed by atoms with van der Waals surface area (Å²) in [7, 11) is 0. The molecule has 166 valence electrons. The van der Waals surface area contributed by atoms with Gasteiger partial charge in [-0.2, -0.15) is 5.26 Å². The number of carbonyl (C=O) groups is 2. The number of hydrogen-bond donors (Lipinski definition) is 2. The van der Waals surface area contributed by atoms with Crippen LogP contribution in [-0.2, 0) is 4.79 Å². The minimum Gasteiger partial charge on any atom is -0.355 e. The lowest BCUT2D eigenvalue weighted by Gasteiger charge is -2.45. The molecule has 2 aromatic heterocycles. The van der Waals surface area contributed by atoms with Crippen LogP contribution in [0.4, 0.5) is 9.93 Å². The zero-order valence-corrected chi connectivity index (χ0v) is 19.1. The quantitative estimate of drug-likeness (QED) is 0.622. The van der Waals surface area contributed by atoms with Crippen molar-refractivity contribution in [3.8, 4) is 27.8 Å². The van der Waals surface area contributed by atoms with Gasteiger partial charge in [0.1, 0.15) is 0 Å². The SMILES string of the molecule is Cc1cc(-c2sc(NC(=O)N3CC4(CCNC4=O)C3)nc2-c2cccc(C#N)c2)cc(C)n1. The monoisotopic (exact) mass is 458 g/mol. The van der Waals surface area contributed by atoms with E-state index in [2.05, 4.69) is 21.7 Å². The molecule has 2 saturated heterocycles. The molecule has 9 heteroatoms. The fourth-order valence-corrected chi connectivity index (χ4v) is 5.45. The molecule has 3 aromatic rings. The summed E-state index contributed by atoms with van der Waals surface area (Å²) >= 11 is 1.38. The topological polar surface area (TPSA) is 111 Å². The van der Waals surface area contributed by atoms with Crippen molar-refractivity contribution in [3.63, 3.8) is 0 Å². The van der Waals surface area contributed by atoms with E-state index in [0.29, 0.717) is 36.0 Å². The van der Waals surface area contributed by atoms with Crippen molar-refractivity contribution >= 4 is 28.4 Å². The van der Waals surface area contributed by atoms with E-state index in [0.717, 1.165) is 33.8 Å². The van der Waals surface area contributed by atoms with Gasteiger partial charge >= 0.3 is 6.03 Å². The third-order valence-electron chi connectivity index (χ3n) is 6.09. The first-order valence-electron chi connectivity index (χ1n) is 10.7. The molecule has 0 radical (unpaired) electrons. The molecular formula is C24H22N6O2S. The van der Waals surface area contributed by atoms with E-state index in [4.69, 9.17) is 4.98 Å². The molecule has 4 heterocycles. The lowest BCUT2D eigenvalue weighted by atomic mass is 9.78. The van der Waals surface area contributed by atoms with E-state index in [1.165, 1.54) is 11.3 Å². The Kier molecular flexibility index (Phi) is 5.10. The van der Waals surface area contributed by atoms with Crippen molar-refractivity contribution in [2.24, 2.45) is 5.41 Å². The summed E-state index contributed by atoms with van der Waals surface area (Å²) in [6, 6.07) is 13.2. The van der Waals surface area contributed by atoms with Crippen molar-refractivity contribution < 1.29 is 9.59 Å². The van der Waals surface area contributed by atoms with Gasteiger partial charge in [-0.25, -0.2) is 9.78 Å². The van der Waals surface area contributed by atoms with Crippen molar-refractivity contribution in [1.82, 2.24) is 20.2 Å². The van der Waals surface area contributed by atoms with Crippen LogP contribution in [0.15, 0.2) is 36.4 Å². The molecule has 1 aromatic carbocycles. The number of likely N-dealkylation sites (tertiary alicyclic amines) is 1. The number of nitriles is 1. The van der Waals surface area contributed by atoms with Crippen LogP contribution < -0.4 is 10.6 Å². The Balaban J connectivity index is 1.46. The number of urea groups is 1. The Morgan fingerprint density at radius 1 is 1.18 bits per heavy atom. The second-order valence-electron chi connectivity index (χ2n) is 8.60. The summed E-state index contributed by atoms with van der Waals surface area (Å²) in [6.07, 6.45) is 0.761. The largest absolute Gasteiger partial charge is 0.355 e. The fourth-order valence-electron chi connectivity index (χ4n) is 4.48. The fraction of sp³-hybridized carbons (Fsp3) is 0.292. The van der Waals surface area contributed by atoms with Crippen LogP contribution in [0.3, 0.4) is 0 Å². The summed E-state index contributed by atoms with van der Waals surface area (Å²) < 4.78 is 0. The predicted octanol–water partition coefficient (Wildman–Crippen LogP) is 3.71. The van der Waals surface area contributed by atoms with Gasteiger partial charge in [0.25, 0.3) is 0 Å². The molecule has 5 rings (SSSR count). The number of thiazole rings is 1. The van der Waals surface area contributed by atoms with Gasteiger partial charge in [-0.05, 0) is 50.1 Å². The highest BCUT2D eigenvalue weighted by atomic mass is 32.1. The molecule has 8 nitrogen and oxygen atoms in total. The molecule has 0 atom stereocenters. The second kappa shape index (κ2) is 7.98. The summed E-state index contributed by atoms with van der Waals surface area (Å²) in [4.78, 5) is 36.6. The van der Waals surface area contributed by atoms with E-state index < -0.39 is 5.41 Å². The van der Waals surface area contributed by atoms with Gasteiger partial charge in [0.15, 0.2) is 5.13 Å². The van der Waals surface area contributed by atoms with E-state index in [-0.39, 0.29) is 11.9 Å². The van der Waals surface area contributed by atoms with Gasteiger partial charge < -0.3 is 10.2 Å². The Morgan fingerprint density at radius 2 is 1.94 bits per heavy atom. The third kappa shape index (κ3) is 3.83. The Morgan fingerprint density at radius 3 is 2.61 bits per heavy atom. The number of carbonyl (C=O) groups excluding carboxylic acids is 2. The summed E-state index contributed by atoms with van der Waals surface area (Å²) in [6.45, 7) is 5.38. The van der Waals surface area contributed by atoms with E-state index >= 15 is 0 Å². The molecule has 0 saturated carbocycles. The van der Waals surface area contributed by atoms with Crippen molar-refractivity contribution in [2.75, 3.05) is 25.0 Å². The van der Waals surface area contributed by atoms with Gasteiger partial charge in [0.2, 0.25) is 5.91 Å². The molecule has 2 N–H and O–H groups in total. The zero-order valence-electron chi connectivity index (χ0n) is 18.3. The van der Waals surface area contributed by atoms with Gasteiger partial charge in [-0.15, -0.1) is 0 Å². The van der Waals surface area contributed by atoms with Crippen LogP contribution in [0.5, 0.6) is 0 Å². The van der Waals surface area contributed by atoms with Crippen LogP contribution in [0.1, 0.15) is 23.4 Å². The molecule has 0 aliphatic carbocycles. The lowest BCUT2D eigenvalue weighted by molar-refractivity contribution is -0.134. The average Bonchev–Trinajstić information content (AvgIpc) is 3.35. The lowest BCUT2D eigenvalue weighted by Crippen LogP contribution is -2.62. The molecule has 2 aliphatic heterocycles. The number of anilines is 1. The predicted molar refractivity (Wildman–Crippen MR) is 126 cm³/mol. The number of nitrogens with zero attached hydrogens (tertiary/aromatic N) is 4. The van der Waals surface area contributed by atoms with Gasteiger partial charge in [0.05, 0.1) is 27.6 Å². The number of benzene rings is 1. The van der Waals surface area contributed by atoms with Crippen molar-refractivity contribution in [2.45, 2.75) is 20.3 Å².